The summed E-state index contributed by atoms with van der Waals surface area (Å²) in [6, 6.07) is 17.4. The van der Waals surface area contributed by atoms with Crippen molar-refractivity contribution < 1.29 is 0 Å². The molecule has 24 heavy (non-hydrogen) atoms. The molecule has 1 atom stereocenters. The van der Waals surface area contributed by atoms with Gasteiger partial charge in [-0.2, -0.15) is 0 Å². The molecule has 0 fully saturated rings. The Labute approximate surface area is 146 Å². The van der Waals surface area contributed by atoms with Crippen molar-refractivity contribution >= 4 is 23.1 Å². The van der Waals surface area contributed by atoms with Gasteiger partial charge in [0.2, 0.25) is 0 Å². The van der Waals surface area contributed by atoms with Crippen molar-refractivity contribution in [3.8, 4) is 11.4 Å². The quantitative estimate of drug-likeness (QED) is 0.667. The molecule has 0 aliphatic carbocycles. The molecule has 0 amide bonds. The fourth-order valence-electron chi connectivity index (χ4n) is 2.51. The minimum Gasteiger partial charge on any atom is -0.399 e. The van der Waals surface area contributed by atoms with Crippen LogP contribution in [0.4, 0.5) is 11.5 Å². The topological polar surface area (TPSA) is 63.8 Å². The summed E-state index contributed by atoms with van der Waals surface area (Å²) in [5, 5.41) is 4.15. The second-order valence-electron chi connectivity index (χ2n) is 5.76. The summed E-state index contributed by atoms with van der Waals surface area (Å²) in [5.41, 5.74) is 9.50. The van der Waals surface area contributed by atoms with Gasteiger partial charge in [-0.15, -0.1) is 0 Å². The molecule has 0 bridgehead atoms. The average Bonchev–Trinajstić information content (AvgIpc) is 2.55. The minimum atomic E-state index is 0.102. The number of halogens is 1. The lowest BCUT2D eigenvalue weighted by Gasteiger charge is -2.16. The van der Waals surface area contributed by atoms with Crippen molar-refractivity contribution in [3.63, 3.8) is 0 Å². The first-order valence-corrected chi connectivity index (χ1v) is 8.12. The molecule has 3 rings (SSSR count). The highest BCUT2D eigenvalue weighted by Crippen LogP contribution is 2.23. The lowest BCUT2D eigenvalue weighted by atomic mass is 10.1. The Kier molecular flexibility index (Phi) is 4.67. The van der Waals surface area contributed by atoms with Crippen LogP contribution in [0, 0.1) is 6.92 Å². The number of rotatable bonds is 4. The molecule has 1 heterocycles. The zero-order valence-corrected chi connectivity index (χ0v) is 14.4. The Morgan fingerprint density at radius 1 is 1.04 bits per heavy atom. The van der Waals surface area contributed by atoms with Crippen LogP contribution in [-0.4, -0.2) is 9.97 Å². The third-order valence-corrected chi connectivity index (χ3v) is 3.99. The van der Waals surface area contributed by atoms with Gasteiger partial charge in [-0.05, 0) is 43.7 Å². The summed E-state index contributed by atoms with van der Waals surface area (Å²) in [7, 11) is 0. The van der Waals surface area contributed by atoms with E-state index in [9.17, 15) is 0 Å². The molecule has 0 saturated carbocycles. The Bertz CT molecular complexity index is 846. The maximum Gasteiger partial charge on any atom is 0.161 e. The SMILES string of the molecule is Cc1cc(NC(C)c2ccc(Cl)cc2)nc(-c2cccc(N)c2)n1. The van der Waals surface area contributed by atoms with Crippen LogP contribution in [0.5, 0.6) is 0 Å². The highest BCUT2D eigenvalue weighted by molar-refractivity contribution is 6.30. The van der Waals surface area contributed by atoms with Gasteiger partial charge in [0.25, 0.3) is 0 Å². The van der Waals surface area contributed by atoms with E-state index in [-0.39, 0.29) is 6.04 Å². The van der Waals surface area contributed by atoms with Crippen LogP contribution in [0.1, 0.15) is 24.2 Å². The highest BCUT2D eigenvalue weighted by Gasteiger charge is 2.09. The van der Waals surface area contributed by atoms with Gasteiger partial charge < -0.3 is 11.1 Å². The first-order chi connectivity index (χ1) is 11.5. The summed E-state index contributed by atoms with van der Waals surface area (Å²) in [5.74, 6) is 1.44. The standard InChI is InChI=1S/C19H19ClN4/c1-12-10-18(23-13(2)14-6-8-16(20)9-7-14)24-19(22-12)15-4-3-5-17(21)11-15/h3-11,13H,21H2,1-2H3,(H,22,23,24). The molecule has 1 unspecified atom stereocenters. The van der Waals surface area contributed by atoms with Gasteiger partial charge in [0.05, 0.1) is 0 Å². The van der Waals surface area contributed by atoms with Crippen molar-refractivity contribution in [1.82, 2.24) is 9.97 Å². The van der Waals surface area contributed by atoms with E-state index >= 15 is 0 Å². The van der Waals surface area contributed by atoms with Gasteiger partial charge in [0, 0.05) is 34.1 Å². The van der Waals surface area contributed by atoms with E-state index in [1.807, 2.05) is 61.5 Å². The largest absolute Gasteiger partial charge is 0.399 e. The van der Waals surface area contributed by atoms with E-state index in [2.05, 4.69) is 22.2 Å². The summed E-state index contributed by atoms with van der Waals surface area (Å²) in [4.78, 5) is 9.14. The van der Waals surface area contributed by atoms with Crippen LogP contribution in [-0.2, 0) is 0 Å². The van der Waals surface area contributed by atoms with Crippen LogP contribution < -0.4 is 11.1 Å². The summed E-state index contributed by atoms with van der Waals surface area (Å²) in [6.07, 6.45) is 0. The number of nitrogens with two attached hydrogens (primary N) is 1. The third kappa shape index (κ3) is 3.84. The number of nitrogens with zero attached hydrogens (tertiary/aromatic N) is 2. The maximum atomic E-state index is 5.95. The van der Waals surface area contributed by atoms with Crippen LogP contribution in [0.3, 0.4) is 0 Å². The zero-order valence-electron chi connectivity index (χ0n) is 13.6. The minimum absolute atomic E-state index is 0.102. The van der Waals surface area contributed by atoms with E-state index in [0.29, 0.717) is 11.5 Å². The van der Waals surface area contributed by atoms with Crippen molar-refractivity contribution in [2.24, 2.45) is 0 Å². The monoisotopic (exact) mass is 338 g/mol. The molecule has 0 saturated heterocycles. The van der Waals surface area contributed by atoms with Crippen molar-refractivity contribution in [3.05, 3.63) is 70.9 Å². The molecule has 1 aromatic heterocycles. The van der Waals surface area contributed by atoms with Crippen molar-refractivity contribution in [2.75, 3.05) is 11.1 Å². The van der Waals surface area contributed by atoms with Gasteiger partial charge in [-0.3, -0.25) is 0 Å². The third-order valence-electron chi connectivity index (χ3n) is 3.73. The van der Waals surface area contributed by atoms with E-state index < -0.39 is 0 Å². The molecule has 4 nitrogen and oxygen atoms in total. The van der Waals surface area contributed by atoms with Crippen LogP contribution >= 0.6 is 11.6 Å². The molecule has 122 valence electrons. The number of nitrogens with one attached hydrogen (secondary N) is 1. The Hall–Kier alpha value is -2.59. The van der Waals surface area contributed by atoms with E-state index in [0.717, 1.165) is 27.7 Å². The molecule has 2 aromatic carbocycles. The number of nitrogen functional groups attached to an aromatic ring is 1. The number of aryl methyl sites for hydroxylation is 1. The molecule has 0 spiro atoms. The summed E-state index contributed by atoms with van der Waals surface area (Å²) >= 11 is 5.95. The van der Waals surface area contributed by atoms with Crippen molar-refractivity contribution in [2.45, 2.75) is 19.9 Å². The summed E-state index contributed by atoms with van der Waals surface area (Å²) < 4.78 is 0. The van der Waals surface area contributed by atoms with Crippen LogP contribution in [0.2, 0.25) is 5.02 Å². The number of anilines is 2. The second kappa shape index (κ2) is 6.89. The number of hydrogen-bond donors (Lipinski definition) is 2. The van der Waals surface area contributed by atoms with Gasteiger partial charge in [0.1, 0.15) is 5.82 Å². The molecular formula is C19H19ClN4. The molecule has 0 aliphatic rings. The number of aromatic nitrogens is 2. The van der Waals surface area contributed by atoms with Crippen LogP contribution in [0.25, 0.3) is 11.4 Å². The van der Waals surface area contributed by atoms with Crippen LogP contribution in [0.15, 0.2) is 54.6 Å². The molecule has 0 radical (unpaired) electrons. The number of hydrogen-bond acceptors (Lipinski definition) is 4. The second-order valence-corrected chi connectivity index (χ2v) is 6.20. The van der Waals surface area contributed by atoms with Gasteiger partial charge >= 0.3 is 0 Å². The Balaban J connectivity index is 1.87. The van der Waals surface area contributed by atoms with Gasteiger partial charge in [-0.1, -0.05) is 35.9 Å². The molecule has 0 aliphatic heterocycles. The summed E-state index contributed by atoms with van der Waals surface area (Å²) in [6.45, 7) is 4.04. The predicted molar refractivity (Wildman–Crippen MR) is 100 cm³/mol. The maximum absolute atomic E-state index is 5.95. The molecule has 5 heteroatoms. The fraction of sp³-hybridized carbons (Fsp3) is 0.158. The predicted octanol–water partition coefficient (Wildman–Crippen LogP) is 4.86. The van der Waals surface area contributed by atoms with Gasteiger partial charge in [-0.25, -0.2) is 9.97 Å². The first kappa shape index (κ1) is 16.3. The highest BCUT2D eigenvalue weighted by atomic mass is 35.5. The first-order valence-electron chi connectivity index (χ1n) is 7.75. The lowest BCUT2D eigenvalue weighted by Crippen LogP contribution is -2.09. The smallest absolute Gasteiger partial charge is 0.161 e. The Morgan fingerprint density at radius 3 is 2.50 bits per heavy atom. The van der Waals surface area contributed by atoms with Gasteiger partial charge in [0.15, 0.2) is 5.82 Å². The van der Waals surface area contributed by atoms with E-state index in [1.54, 1.807) is 0 Å². The molecule has 3 N–H and O–H groups in total. The Morgan fingerprint density at radius 2 is 1.79 bits per heavy atom. The molecule has 3 aromatic rings. The zero-order chi connectivity index (χ0) is 17.1. The van der Waals surface area contributed by atoms with E-state index in [1.165, 1.54) is 0 Å². The van der Waals surface area contributed by atoms with E-state index in [4.69, 9.17) is 17.3 Å². The fourth-order valence-corrected chi connectivity index (χ4v) is 2.63. The average molecular weight is 339 g/mol. The number of benzene rings is 2. The molecular weight excluding hydrogens is 320 g/mol. The lowest BCUT2D eigenvalue weighted by molar-refractivity contribution is 0.871. The normalized spacial score (nSPS) is 12.0. The van der Waals surface area contributed by atoms with Crippen molar-refractivity contribution in [1.29, 1.82) is 0 Å².